The van der Waals surface area contributed by atoms with Gasteiger partial charge in [0.05, 0.1) is 6.54 Å². The van der Waals surface area contributed by atoms with Gasteiger partial charge >= 0.3 is 0 Å². The van der Waals surface area contributed by atoms with E-state index >= 15 is 0 Å². The summed E-state index contributed by atoms with van der Waals surface area (Å²) in [6.45, 7) is 2.60. The van der Waals surface area contributed by atoms with Crippen LogP contribution in [0.4, 0.5) is 5.82 Å². The van der Waals surface area contributed by atoms with Crippen molar-refractivity contribution in [1.82, 2.24) is 29.7 Å². The van der Waals surface area contributed by atoms with Gasteiger partial charge in [-0.3, -0.25) is 4.90 Å². The first-order valence-electron chi connectivity index (χ1n) is 8.34. The van der Waals surface area contributed by atoms with Gasteiger partial charge in [-0.25, -0.2) is 9.50 Å². The smallest absolute Gasteiger partial charge is 0.230 e. The molecule has 2 aliphatic rings. The number of anilines is 1. The second kappa shape index (κ2) is 5.27. The van der Waals surface area contributed by atoms with Gasteiger partial charge in [-0.05, 0) is 32.0 Å². The van der Waals surface area contributed by atoms with Crippen molar-refractivity contribution < 1.29 is 4.42 Å². The van der Waals surface area contributed by atoms with Crippen molar-refractivity contribution in [1.29, 1.82) is 0 Å². The number of likely N-dealkylation sites (N-methyl/N-ethyl adjacent to an activating group) is 1. The van der Waals surface area contributed by atoms with Crippen LogP contribution in [0.2, 0.25) is 0 Å². The number of rotatable bonds is 5. The van der Waals surface area contributed by atoms with Gasteiger partial charge in [0.25, 0.3) is 0 Å². The van der Waals surface area contributed by atoms with Crippen LogP contribution in [0.25, 0.3) is 5.65 Å². The summed E-state index contributed by atoms with van der Waals surface area (Å²) in [4.78, 5) is 8.76. The van der Waals surface area contributed by atoms with Crippen LogP contribution in [0.5, 0.6) is 0 Å². The van der Waals surface area contributed by atoms with Crippen LogP contribution in [0.1, 0.15) is 30.5 Å². The molecule has 0 N–H and O–H groups in total. The molecule has 1 aliphatic carbocycles. The second-order valence-corrected chi connectivity index (χ2v) is 6.70. The zero-order valence-electron chi connectivity index (χ0n) is 13.5. The molecule has 0 amide bonds. The van der Waals surface area contributed by atoms with E-state index in [2.05, 4.69) is 37.1 Å². The molecule has 0 radical (unpaired) electrons. The van der Waals surface area contributed by atoms with Crippen LogP contribution in [0, 0.1) is 0 Å². The first-order chi connectivity index (χ1) is 11.8. The molecule has 0 aromatic carbocycles. The third kappa shape index (κ3) is 2.43. The Bertz CT molecular complexity index is 862. The van der Waals surface area contributed by atoms with E-state index < -0.39 is 0 Å². The van der Waals surface area contributed by atoms with Gasteiger partial charge in [-0.2, -0.15) is 0 Å². The van der Waals surface area contributed by atoms with Crippen molar-refractivity contribution >= 4 is 11.5 Å². The fraction of sp³-hybridized carbons (Fsp3) is 0.500. The van der Waals surface area contributed by atoms with Crippen LogP contribution < -0.4 is 4.90 Å². The van der Waals surface area contributed by atoms with Crippen molar-refractivity contribution in [3.8, 4) is 0 Å². The second-order valence-electron chi connectivity index (χ2n) is 6.70. The van der Waals surface area contributed by atoms with Crippen LogP contribution in [-0.4, -0.2) is 55.9 Å². The van der Waals surface area contributed by atoms with E-state index in [1.165, 1.54) is 12.8 Å². The molecule has 8 heteroatoms. The standard InChI is InChI=1S/C16H19N7O/c1-21(10-15-18-19-16(24-15)11-2-3-11)12-8-22(9-12)14-5-4-13-17-6-7-23(13)20-14/h4-7,11-12H,2-3,8-10H2,1H3. The van der Waals surface area contributed by atoms with Gasteiger partial charge in [0.2, 0.25) is 11.8 Å². The zero-order chi connectivity index (χ0) is 16.1. The van der Waals surface area contributed by atoms with Crippen molar-refractivity contribution in [2.45, 2.75) is 31.3 Å². The minimum absolute atomic E-state index is 0.474. The Morgan fingerprint density at radius 2 is 2.12 bits per heavy atom. The summed E-state index contributed by atoms with van der Waals surface area (Å²) in [5.41, 5.74) is 0.871. The minimum Gasteiger partial charge on any atom is -0.424 e. The van der Waals surface area contributed by atoms with Gasteiger partial charge in [0, 0.05) is 37.4 Å². The summed E-state index contributed by atoms with van der Waals surface area (Å²) in [6, 6.07) is 4.50. The molecule has 24 heavy (non-hydrogen) atoms. The highest BCUT2D eigenvalue weighted by Crippen LogP contribution is 2.39. The van der Waals surface area contributed by atoms with Crippen LogP contribution >= 0.6 is 0 Å². The zero-order valence-corrected chi connectivity index (χ0v) is 13.5. The molecular formula is C16H19N7O. The molecule has 0 unspecified atom stereocenters. The maximum Gasteiger partial charge on any atom is 0.230 e. The summed E-state index contributed by atoms with van der Waals surface area (Å²) in [5, 5.41) is 12.9. The predicted octanol–water partition coefficient (Wildman–Crippen LogP) is 1.31. The van der Waals surface area contributed by atoms with Crippen molar-refractivity contribution in [3.63, 3.8) is 0 Å². The Balaban J connectivity index is 1.20. The Hall–Kier alpha value is -2.48. The third-order valence-electron chi connectivity index (χ3n) is 4.84. The van der Waals surface area contributed by atoms with E-state index in [4.69, 9.17) is 4.42 Å². The summed E-state index contributed by atoms with van der Waals surface area (Å²) < 4.78 is 7.56. The largest absolute Gasteiger partial charge is 0.424 e. The van der Waals surface area contributed by atoms with E-state index in [1.54, 1.807) is 6.20 Å². The normalized spacial score (nSPS) is 18.5. The maximum atomic E-state index is 5.75. The van der Waals surface area contributed by atoms with Gasteiger partial charge < -0.3 is 9.32 Å². The molecule has 1 saturated heterocycles. The number of imidazole rings is 1. The average Bonchev–Trinajstić information content (AvgIpc) is 3.09. The molecular weight excluding hydrogens is 306 g/mol. The third-order valence-corrected chi connectivity index (χ3v) is 4.84. The van der Waals surface area contributed by atoms with E-state index in [0.29, 0.717) is 18.5 Å². The Labute approximate surface area is 139 Å². The molecule has 8 nitrogen and oxygen atoms in total. The Morgan fingerprint density at radius 1 is 1.25 bits per heavy atom. The lowest BCUT2D eigenvalue weighted by molar-refractivity contribution is 0.179. The SMILES string of the molecule is CN(Cc1nnc(C2CC2)o1)C1CN(c2ccc3nccn3n2)C1. The van der Waals surface area contributed by atoms with E-state index in [0.717, 1.165) is 36.3 Å². The maximum absolute atomic E-state index is 5.75. The van der Waals surface area contributed by atoms with Crippen molar-refractivity contribution in [2.75, 3.05) is 25.0 Å². The highest BCUT2D eigenvalue weighted by molar-refractivity contribution is 5.47. The number of hydrogen-bond donors (Lipinski definition) is 0. The lowest BCUT2D eigenvalue weighted by Gasteiger charge is -2.44. The molecule has 0 bridgehead atoms. The van der Waals surface area contributed by atoms with Gasteiger partial charge in [0.15, 0.2) is 5.65 Å². The van der Waals surface area contributed by atoms with Crippen LogP contribution in [0.15, 0.2) is 28.9 Å². The minimum atomic E-state index is 0.474. The molecule has 3 aromatic heterocycles. The van der Waals surface area contributed by atoms with Crippen molar-refractivity contribution in [2.24, 2.45) is 0 Å². The van der Waals surface area contributed by atoms with Gasteiger partial charge in [0.1, 0.15) is 5.82 Å². The molecule has 1 saturated carbocycles. The highest BCUT2D eigenvalue weighted by atomic mass is 16.4. The number of aromatic nitrogens is 5. The topological polar surface area (TPSA) is 75.6 Å². The molecule has 5 rings (SSSR count). The van der Waals surface area contributed by atoms with E-state index in [1.807, 2.05) is 22.8 Å². The number of hydrogen-bond acceptors (Lipinski definition) is 7. The summed E-state index contributed by atoms with van der Waals surface area (Å²) in [6.07, 6.45) is 6.00. The molecule has 1 aliphatic heterocycles. The van der Waals surface area contributed by atoms with E-state index in [9.17, 15) is 0 Å². The first kappa shape index (κ1) is 13.9. The van der Waals surface area contributed by atoms with Gasteiger partial charge in [-0.15, -0.1) is 15.3 Å². The fourth-order valence-electron chi connectivity index (χ4n) is 3.06. The Kier molecular flexibility index (Phi) is 3.05. The van der Waals surface area contributed by atoms with Crippen LogP contribution in [0.3, 0.4) is 0 Å². The van der Waals surface area contributed by atoms with Crippen LogP contribution in [-0.2, 0) is 6.54 Å². The molecule has 124 valence electrons. The molecule has 3 aromatic rings. The predicted molar refractivity (Wildman–Crippen MR) is 86.7 cm³/mol. The average molecular weight is 325 g/mol. The molecule has 0 spiro atoms. The summed E-state index contributed by atoms with van der Waals surface area (Å²) >= 11 is 0. The monoisotopic (exact) mass is 325 g/mol. The van der Waals surface area contributed by atoms with Gasteiger partial charge in [-0.1, -0.05) is 0 Å². The summed E-state index contributed by atoms with van der Waals surface area (Å²) in [7, 11) is 2.11. The summed E-state index contributed by atoms with van der Waals surface area (Å²) in [5.74, 6) is 3.03. The van der Waals surface area contributed by atoms with Crippen molar-refractivity contribution in [3.05, 3.63) is 36.3 Å². The lowest BCUT2D eigenvalue weighted by Crippen LogP contribution is -2.58. The highest BCUT2D eigenvalue weighted by Gasteiger charge is 2.33. The fourth-order valence-corrected chi connectivity index (χ4v) is 3.06. The Morgan fingerprint density at radius 3 is 2.96 bits per heavy atom. The molecule has 2 fully saturated rings. The number of fused-ring (bicyclic) bond motifs is 1. The first-order valence-corrected chi connectivity index (χ1v) is 8.34. The molecule has 4 heterocycles. The van der Waals surface area contributed by atoms with E-state index in [-0.39, 0.29) is 0 Å². The molecule has 0 atom stereocenters. The lowest BCUT2D eigenvalue weighted by atomic mass is 10.1. The number of nitrogens with zero attached hydrogens (tertiary/aromatic N) is 7. The quantitative estimate of drug-likeness (QED) is 0.700.